The number of amides is 1. The molecule has 0 atom stereocenters. The van der Waals surface area contributed by atoms with E-state index in [4.69, 9.17) is 9.47 Å². The Labute approximate surface area is 180 Å². The summed E-state index contributed by atoms with van der Waals surface area (Å²) in [6.07, 6.45) is 1.79. The normalized spacial score (nSPS) is 12.5. The molecule has 6 nitrogen and oxygen atoms in total. The Balaban J connectivity index is 1.32. The van der Waals surface area contributed by atoms with E-state index in [-0.39, 0.29) is 12.7 Å². The average Bonchev–Trinajstić information content (AvgIpc) is 3.43. The summed E-state index contributed by atoms with van der Waals surface area (Å²) < 4.78 is 12.7. The maximum atomic E-state index is 12.7. The smallest absolute Gasteiger partial charge is 0.251 e. The maximum Gasteiger partial charge on any atom is 0.251 e. The summed E-state index contributed by atoms with van der Waals surface area (Å²) in [4.78, 5) is 17.2. The molecule has 0 saturated heterocycles. The van der Waals surface area contributed by atoms with Crippen LogP contribution in [0.2, 0.25) is 0 Å². The summed E-state index contributed by atoms with van der Waals surface area (Å²) >= 11 is 0. The summed E-state index contributed by atoms with van der Waals surface area (Å²) in [5.74, 6) is 1.79. The number of imidazole rings is 1. The van der Waals surface area contributed by atoms with Gasteiger partial charge in [-0.2, -0.15) is 0 Å². The van der Waals surface area contributed by atoms with E-state index < -0.39 is 0 Å². The number of nitrogens with zero attached hydrogens (tertiary/aromatic N) is 2. The van der Waals surface area contributed by atoms with Gasteiger partial charge < -0.3 is 14.8 Å². The zero-order valence-corrected chi connectivity index (χ0v) is 17.5. The SMILES string of the molecule is CC(C)c1ccc(-n2cnc3cc(C(=O)NCc4ccc5c(c4)OCO5)ccc32)cc1. The molecule has 1 amide bonds. The summed E-state index contributed by atoms with van der Waals surface area (Å²) in [5.41, 5.74) is 5.62. The number of benzene rings is 3. The van der Waals surface area contributed by atoms with E-state index in [0.717, 1.165) is 28.0 Å². The Morgan fingerprint density at radius 1 is 1.03 bits per heavy atom. The summed E-state index contributed by atoms with van der Waals surface area (Å²) in [7, 11) is 0. The molecule has 1 aliphatic heterocycles. The summed E-state index contributed by atoms with van der Waals surface area (Å²) in [6.45, 7) is 5.01. The van der Waals surface area contributed by atoms with E-state index in [0.29, 0.717) is 23.8 Å². The Morgan fingerprint density at radius 2 is 1.84 bits per heavy atom. The minimum Gasteiger partial charge on any atom is -0.454 e. The van der Waals surface area contributed by atoms with Crippen LogP contribution in [0.25, 0.3) is 16.7 Å². The molecule has 0 bridgehead atoms. The second-order valence-corrected chi connectivity index (χ2v) is 7.93. The van der Waals surface area contributed by atoms with Crippen LogP contribution >= 0.6 is 0 Å². The number of aromatic nitrogens is 2. The minimum absolute atomic E-state index is 0.143. The molecule has 31 heavy (non-hydrogen) atoms. The number of carbonyl (C=O) groups is 1. The highest BCUT2D eigenvalue weighted by atomic mass is 16.7. The molecule has 0 fully saturated rings. The van der Waals surface area contributed by atoms with Crippen LogP contribution in [-0.4, -0.2) is 22.3 Å². The van der Waals surface area contributed by atoms with Gasteiger partial charge in [0.1, 0.15) is 6.33 Å². The van der Waals surface area contributed by atoms with E-state index in [1.54, 1.807) is 6.33 Å². The maximum absolute atomic E-state index is 12.7. The van der Waals surface area contributed by atoms with Crippen molar-refractivity contribution in [3.05, 3.63) is 83.7 Å². The van der Waals surface area contributed by atoms with Gasteiger partial charge in [0.2, 0.25) is 6.79 Å². The van der Waals surface area contributed by atoms with Gasteiger partial charge >= 0.3 is 0 Å². The third-order valence-electron chi connectivity index (χ3n) is 5.54. The van der Waals surface area contributed by atoms with Gasteiger partial charge in [0.15, 0.2) is 11.5 Å². The molecule has 6 heteroatoms. The molecule has 0 spiro atoms. The van der Waals surface area contributed by atoms with Gasteiger partial charge in [0, 0.05) is 17.8 Å². The second-order valence-electron chi connectivity index (χ2n) is 7.93. The lowest BCUT2D eigenvalue weighted by atomic mass is 10.0. The molecule has 1 aliphatic rings. The van der Waals surface area contributed by atoms with Crippen LogP contribution < -0.4 is 14.8 Å². The molecule has 0 unspecified atom stereocenters. The lowest BCUT2D eigenvalue weighted by molar-refractivity contribution is 0.0951. The molecule has 5 rings (SSSR count). The minimum atomic E-state index is -0.143. The summed E-state index contributed by atoms with van der Waals surface area (Å²) in [5, 5.41) is 2.96. The topological polar surface area (TPSA) is 65.4 Å². The Hall–Kier alpha value is -3.80. The van der Waals surface area contributed by atoms with Gasteiger partial charge in [-0.15, -0.1) is 0 Å². The third-order valence-corrected chi connectivity index (χ3v) is 5.54. The van der Waals surface area contributed by atoms with E-state index in [9.17, 15) is 4.79 Å². The van der Waals surface area contributed by atoms with E-state index in [1.807, 2.05) is 41.0 Å². The molecule has 0 aliphatic carbocycles. The predicted molar refractivity (Wildman–Crippen MR) is 119 cm³/mol. The van der Waals surface area contributed by atoms with Crippen molar-refractivity contribution in [2.24, 2.45) is 0 Å². The van der Waals surface area contributed by atoms with Crippen LogP contribution in [0.1, 0.15) is 41.3 Å². The Kier molecular flexibility index (Phi) is 4.82. The van der Waals surface area contributed by atoms with Gasteiger partial charge in [-0.05, 0) is 59.5 Å². The first-order valence-electron chi connectivity index (χ1n) is 10.3. The van der Waals surface area contributed by atoms with Crippen LogP contribution in [-0.2, 0) is 6.54 Å². The average molecular weight is 413 g/mol. The van der Waals surface area contributed by atoms with Gasteiger partial charge in [-0.3, -0.25) is 9.36 Å². The van der Waals surface area contributed by atoms with Crippen molar-refractivity contribution >= 4 is 16.9 Å². The number of nitrogens with one attached hydrogen (secondary N) is 1. The van der Waals surface area contributed by atoms with Crippen LogP contribution in [0.5, 0.6) is 11.5 Å². The standard InChI is InChI=1S/C25H23N3O3/c1-16(2)18-4-7-20(8-5-18)28-14-27-21-12-19(6-9-22(21)28)25(29)26-13-17-3-10-23-24(11-17)31-15-30-23/h3-12,14,16H,13,15H2,1-2H3,(H,26,29). The number of fused-ring (bicyclic) bond motifs is 2. The van der Waals surface area contributed by atoms with Gasteiger partial charge in [0.05, 0.1) is 11.0 Å². The van der Waals surface area contributed by atoms with E-state index in [2.05, 4.69) is 48.4 Å². The lowest BCUT2D eigenvalue weighted by Gasteiger charge is -2.09. The Morgan fingerprint density at radius 3 is 2.65 bits per heavy atom. The van der Waals surface area contributed by atoms with Gasteiger partial charge in [0.25, 0.3) is 5.91 Å². The Bertz CT molecular complexity index is 1260. The zero-order valence-electron chi connectivity index (χ0n) is 17.5. The number of hydrogen-bond acceptors (Lipinski definition) is 4. The van der Waals surface area contributed by atoms with Crippen LogP contribution in [0, 0.1) is 0 Å². The molecular formula is C25H23N3O3. The van der Waals surface area contributed by atoms with Crippen molar-refractivity contribution in [1.29, 1.82) is 0 Å². The molecular weight excluding hydrogens is 390 g/mol. The molecule has 1 aromatic heterocycles. The summed E-state index contributed by atoms with van der Waals surface area (Å²) in [6, 6.07) is 19.7. The lowest BCUT2D eigenvalue weighted by Crippen LogP contribution is -2.22. The molecule has 1 N–H and O–H groups in total. The third kappa shape index (κ3) is 3.72. The number of ether oxygens (including phenoxy) is 2. The van der Waals surface area contributed by atoms with Crippen molar-refractivity contribution in [1.82, 2.24) is 14.9 Å². The molecule has 3 aromatic carbocycles. The fraction of sp³-hybridized carbons (Fsp3) is 0.200. The zero-order chi connectivity index (χ0) is 21.4. The molecule has 0 saturated carbocycles. The van der Waals surface area contributed by atoms with Crippen molar-refractivity contribution in [2.75, 3.05) is 6.79 Å². The van der Waals surface area contributed by atoms with Crippen LogP contribution in [0.4, 0.5) is 0 Å². The molecule has 2 heterocycles. The van der Waals surface area contributed by atoms with Crippen LogP contribution in [0.15, 0.2) is 67.0 Å². The molecule has 156 valence electrons. The predicted octanol–water partition coefficient (Wildman–Crippen LogP) is 4.81. The number of rotatable bonds is 5. The van der Waals surface area contributed by atoms with E-state index >= 15 is 0 Å². The molecule has 0 radical (unpaired) electrons. The quantitative estimate of drug-likeness (QED) is 0.510. The monoisotopic (exact) mass is 413 g/mol. The first-order valence-corrected chi connectivity index (χ1v) is 10.3. The number of carbonyl (C=O) groups excluding carboxylic acids is 1. The molecule has 4 aromatic rings. The van der Waals surface area contributed by atoms with Gasteiger partial charge in [-0.25, -0.2) is 4.98 Å². The van der Waals surface area contributed by atoms with Gasteiger partial charge in [-0.1, -0.05) is 32.0 Å². The fourth-order valence-corrected chi connectivity index (χ4v) is 3.71. The second kappa shape index (κ2) is 7.80. The highest BCUT2D eigenvalue weighted by molar-refractivity contribution is 5.97. The van der Waals surface area contributed by atoms with Crippen molar-refractivity contribution in [3.8, 4) is 17.2 Å². The van der Waals surface area contributed by atoms with Crippen molar-refractivity contribution in [2.45, 2.75) is 26.3 Å². The number of hydrogen-bond donors (Lipinski definition) is 1. The van der Waals surface area contributed by atoms with Crippen molar-refractivity contribution in [3.63, 3.8) is 0 Å². The largest absolute Gasteiger partial charge is 0.454 e. The first kappa shape index (κ1) is 19.2. The van der Waals surface area contributed by atoms with E-state index in [1.165, 1.54) is 5.56 Å². The highest BCUT2D eigenvalue weighted by Gasteiger charge is 2.14. The van der Waals surface area contributed by atoms with Crippen LogP contribution in [0.3, 0.4) is 0 Å². The fourth-order valence-electron chi connectivity index (χ4n) is 3.71. The first-order chi connectivity index (χ1) is 15.1. The highest BCUT2D eigenvalue weighted by Crippen LogP contribution is 2.32. The van der Waals surface area contributed by atoms with Crippen molar-refractivity contribution < 1.29 is 14.3 Å².